The standard InChI is InChI=1S/C18H36N2/c1-4-12-19-18(16-9-5-6-10-16)14-20(3)17-11-7-8-15(2)13-17/h15-19H,4-14H2,1-3H3. The van der Waals surface area contributed by atoms with Crippen LogP contribution in [0.5, 0.6) is 0 Å². The molecule has 0 bridgehead atoms. The van der Waals surface area contributed by atoms with Crippen molar-refractivity contribution in [1.82, 2.24) is 10.2 Å². The quantitative estimate of drug-likeness (QED) is 0.756. The lowest BCUT2D eigenvalue weighted by Crippen LogP contribution is -2.48. The van der Waals surface area contributed by atoms with Crippen molar-refractivity contribution in [2.45, 2.75) is 83.7 Å². The number of nitrogens with one attached hydrogen (secondary N) is 1. The van der Waals surface area contributed by atoms with Crippen molar-refractivity contribution in [2.75, 3.05) is 20.1 Å². The predicted molar refractivity (Wildman–Crippen MR) is 88.1 cm³/mol. The van der Waals surface area contributed by atoms with Crippen LogP contribution >= 0.6 is 0 Å². The summed E-state index contributed by atoms with van der Waals surface area (Å²) < 4.78 is 0. The summed E-state index contributed by atoms with van der Waals surface area (Å²) in [6, 6.07) is 1.57. The third-order valence-corrected chi connectivity index (χ3v) is 5.64. The molecular formula is C18H36N2. The first kappa shape index (κ1) is 16.3. The Morgan fingerprint density at radius 1 is 1.10 bits per heavy atom. The molecule has 0 saturated heterocycles. The van der Waals surface area contributed by atoms with E-state index in [4.69, 9.17) is 0 Å². The molecule has 3 unspecified atom stereocenters. The lowest BCUT2D eigenvalue weighted by Gasteiger charge is -2.37. The summed E-state index contributed by atoms with van der Waals surface area (Å²) in [7, 11) is 2.37. The van der Waals surface area contributed by atoms with E-state index in [1.165, 1.54) is 70.9 Å². The van der Waals surface area contributed by atoms with Crippen LogP contribution in [0.25, 0.3) is 0 Å². The smallest absolute Gasteiger partial charge is 0.0223 e. The van der Waals surface area contributed by atoms with Gasteiger partial charge >= 0.3 is 0 Å². The number of hydrogen-bond donors (Lipinski definition) is 1. The van der Waals surface area contributed by atoms with Crippen molar-refractivity contribution in [3.8, 4) is 0 Å². The van der Waals surface area contributed by atoms with Crippen molar-refractivity contribution in [3.63, 3.8) is 0 Å². The summed E-state index contributed by atoms with van der Waals surface area (Å²) in [5.41, 5.74) is 0. The van der Waals surface area contributed by atoms with Gasteiger partial charge in [-0.2, -0.15) is 0 Å². The molecule has 2 nitrogen and oxygen atoms in total. The van der Waals surface area contributed by atoms with E-state index in [-0.39, 0.29) is 0 Å². The van der Waals surface area contributed by atoms with Crippen molar-refractivity contribution in [3.05, 3.63) is 0 Å². The van der Waals surface area contributed by atoms with E-state index < -0.39 is 0 Å². The molecule has 0 heterocycles. The van der Waals surface area contributed by atoms with Gasteiger partial charge in [-0.05, 0) is 57.5 Å². The molecule has 2 aliphatic carbocycles. The second kappa shape index (κ2) is 8.38. The summed E-state index contributed by atoms with van der Waals surface area (Å²) in [5, 5.41) is 3.85. The second-order valence-corrected chi connectivity index (χ2v) is 7.47. The molecule has 0 radical (unpaired) electrons. The fraction of sp³-hybridized carbons (Fsp3) is 1.00. The van der Waals surface area contributed by atoms with Crippen LogP contribution in [0.3, 0.4) is 0 Å². The van der Waals surface area contributed by atoms with Gasteiger partial charge in [-0.15, -0.1) is 0 Å². The summed E-state index contributed by atoms with van der Waals surface area (Å²) in [6.07, 6.45) is 12.8. The third kappa shape index (κ3) is 4.73. The SMILES string of the molecule is CCCNC(CN(C)C1CCCC(C)C1)C1CCCC1. The lowest BCUT2D eigenvalue weighted by atomic mass is 9.86. The Morgan fingerprint density at radius 2 is 1.85 bits per heavy atom. The van der Waals surface area contributed by atoms with E-state index in [2.05, 4.69) is 31.1 Å². The summed E-state index contributed by atoms with van der Waals surface area (Å²) in [6.45, 7) is 7.17. The van der Waals surface area contributed by atoms with Gasteiger partial charge in [-0.3, -0.25) is 0 Å². The van der Waals surface area contributed by atoms with Crippen molar-refractivity contribution >= 4 is 0 Å². The summed E-state index contributed by atoms with van der Waals surface area (Å²) in [5.74, 6) is 1.87. The maximum Gasteiger partial charge on any atom is 0.0223 e. The normalized spacial score (nSPS) is 30.0. The van der Waals surface area contributed by atoms with Gasteiger partial charge in [0.25, 0.3) is 0 Å². The summed E-state index contributed by atoms with van der Waals surface area (Å²) in [4.78, 5) is 2.68. The second-order valence-electron chi connectivity index (χ2n) is 7.47. The van der Waals surface area contributed by atoms with Gasteiger partial charge < -0.3 is 10.2 Å². The molecule has 2 rings (SSSR count). The minimum absolute atomic E-state index is 0.736. The zero-order valence-electron chi connectivity index (χ0n) is 14.0. The maximum absolute atomic E-state index is 3.85. The topological polar surface area (TPSA) is 15.3 Å². The highest BCUT2D eigenvalue weighted by atomic mass is 15.2. The first-order valence-electron chi connectivity index (χ1n) is 9.14. The van der Waals surface area contributed by atoms with E-state index in [0.717, 1.165) is 23.9 Å². The molecule has 0 aliphatic heterocycles. The van der Waals surface area contributed by atoms with Crippen LogP contribution in [0.2, 0.25) is 0 Å². The molecule has 2 fully saturated rings. The predicted octanol–water partition coefficient (Wildman–Crippen LogP) is 4.06. The van der Waals surface area contributed by atoms with Crippen LogP contribution in [0.4, 0.5) is 0 Å². The molecule has 2 aliphatic rings. The molecule has 0 aromatic carbocycles. The minimum atomic E-state index is 0.736. The average Bonchev–Trinajstić information content (AvgIpc) is 2.97. The molecule has 2 saturated carbocycles. The fourth-order valence-electron chi connectivity index (χ4n) is 4.33. The van der Waals surface area contributed by atoms with Gasteiger partial charge in [0.05, 0.1) is 0 Å². The van der Waals surface area contributed by atoms with Crippen LogP contribution in [-0.2, 0) is 0 Å². The Labute approximate surface area is 126 Å². The molecule has 0 spiro atoms. The van der Waals surface area contributed by atoms with Gasteiger partial charge in [0.2, 0.25) is 0 Å². The van der Waals surface area contributed by atoms with Crippen molar-refractivity contribution in [1.29, 1.82) is 0 Å². The highest BCUT2D eigenvalue weighted by Crippen LogP contribution is 2.30. The maximum atomic E-state index is 3.85. The Morgan fingerprint density at radius 3 is 2.50 bits per heavy atom. The average molecular weight is 280 g/mol. The Hall–Kier alpha value is -0.0800. The number of likely N-dealkylation sites (N-methyl/N-ethyl adjacent to an activating group) is 1. The Bertz CT molecular complexity index is 260. The van der Waals surface area contributed by atoms with Crippen LogP contribution < -0.4 is 5.32 Å². The van der Waals surface area contributed by atoms with Gasteiger partial charge in [0.15, 0.2) is 0 Å². The van der Waals surface area contributed by atoms with E-state index in [1.807, 2.05) is 0 Å². The largest absolute Gasteiger partial charge is 0.312 e. The number of hydrogen-bond acceptors (Lipinski definition) is 2. The van der Waals surface area contributed by atoms with E-state index in [9.17, 15) is 0 Å². The molecule has 118 valence electrons. The zero-order chi connectivity index (χ0) is 14.4. The van der Waals surface area contributed by atoms with Gasteiger partial charge in [0.1, 0.15) is 0 Å². The van der Waals surface area contributed by atoms with Crippen molar-refractivity contribution < 1.29 is 0 Å². The molecule has 3 atom stereocenters. The zero-order valence-corrected chi connectivity index (χ0v) is 14.0. The Kier molecular flexibility index (Phi) is 6.83. The first-order chi connectivity index (χ1) is 9.70. The van der Waals surface area contributed by atoms with Gasteiger partial charge in [0, 0.05) is 18.6 Å². The van der Waals surface area contributed by atoms with E-state index in [0.29, 0.717) is 0 Å². The lowest BCUT2D eigenvalue weighted by molar-refractivity contribution is 0.137. The number of nitrogens with zero attached hydrogens (tertiary/aromatic N) is 1. The van der Waals surface area contributed by atoms with Crippen molar-refractivity contribution in [2.24, 2.45) is 11.8 Å². The minimum Gasteiger partial charge on any atom is -0.312 e. The molecule has 0 aromatic rings. The van der Waals surface area contributed by atoms with Gasteiger partial charge in [-0.1, -0.05) is 39.5 Å². The molecule has 2 heteroatoms. The summed E-state index contributed by atoms with van der Waals surface area (Å²) >= 11 is 0. The van der Waals surface area contributed by atoms with Crippen LogP contribution in [0, 0.1) is 11.8 Å². The number of rotatable bonds is 7. The molecule has 1 N–H and O–H groups in total. The first-order valence-corrected chi connectivity index (χ1v) is 9.14. The molecule has 0 amide bonds. The third-order valence-electron chi connectivity index (χ3n) is 5.64. The Balaban J connectivity index is 1.84. The van der Waals surface area contributed by atoms with E-state index >= 15 is 0 Å². The van der Waals surface area contributed by atoms with Crippen LogP contribution in [-0.4, -0.2) is 37.1 Å². The highest BCUT2D eigenvalue weighted by Gasteiger charge is 2.28. The molecule has 20 heavy (non-hydrogen) atoms. The van der Waals surface area contributed by atoms with Crippen LogP contribution in [0.1, 0.15) is 71.6 Å². The molecular weight excluding hydrogens is 244 g/mol. The fourth-order valence-corrected chi connectivity index (χ4v) is 4.33. The molecule has 0 aromatic heterocycles. The monoisotopic (exact) mass is 280 g/mol. The van der Waals surface area contributed by atoms with Crippen LogP contribution in [0.15, 0.2) is 0 Å². The van der Waals surface area contributed by atoms with E-state index in [1.54, 1.807) is 0 Å². The van der Waals surface area contributed by atoms with Gasteiger partial charge in [-0.25, -0.2) is 0 Å². The highest BCUT2D eigenvalue weighted by molar-refractivity contribution is 4.85.